The van der Waals surface area contributed by atoms with Crippen LogP contribution in [0.1, 0.15) is 52.5 Å². The molecule has 1 aliphatic heterocycles. The Morgan fingerprint density at radius 2 is 2.03 bits per heavy atom. The van der Waals surface area contributed by atoms with Crippen molar-refractivity contribution in [3.05, 3.63) is 58.6 Å². The first-order valence-corrected chi connectivity index (χ1v) is 9.60. The standard InChI is InChI=1S/C21H27N5O4/c1-3-16(22)6-8-18(23)24-20(29)13-4-5-14(12-27)15(10-13)11-26(2)17-7-9-19(28)25-21(17)30/h4-6,8,10,12,17H,3,7,9,11,22-23H2,1-2H3,(H,24,29)(H,25,28,30)/b16-6-,18-8+. The van der Waals surface area contributed by atoms with E-state index in [0.29, 0.717) is 41.5 Å². The fourth-order valence-electron chi connectivity index (χ4n) is 3.04. The van der Waals surface area contributed by atoms with Gasteiger partial charge in [-0.15, -0.1) is 0 Å². The van der Waals surface area contributed by atoms with E-state index < -0.39 is 11.9 Å². The van der Waals surface area contributed by atoms with Gasteiger partial charge in [-0.05, 0) is 49.7 Å². The van der Waals surface area contributed by atoms with Gasteiger partial charge in [0.1, 0.15) is 12.1 Å². The first kappa shape index (κ1) is 22.8. The van der Waals surface area contributed by atoms with E-state index in [4.69, 9.17) is 11.5 Å². The van der Waals surface area contributed by atoms with Crippen LogP contribution in [0.4, 0.5) is 0 Å². The molecule has 0 radical (unpaired) electrons. The lowest BCUT2D eigenvalue weighted by Gasteiger charge is -2.30. The minimum Gasteiger partial charge on any atom is -0.402 e. The number of hydrogen-bond acceptors (Lipinski definition) is 7. The summed E-state index contributed by atoms with van der Waals surface area (Å²) in [6, 6.07) is 4.17. The molecule has 1 fully saturated rings. The molecule has 1 saturated heterocycles. The minimum atomic E-state index is -0.492. The predicted octanol–water partition coefficient (Wildman–Crippen LogP) is 0.519. The highest BCUT2D eigenvalue weighted by atomic mass is 16.2. The molecule has 0 aliphatic carbocycles. The fraction of sp³-hybridized carbons (Fsp3) is 0.333. The first-order valence-electron chi connectivity index (χ1n) is 9.60. The molecular weight excluding hydrogens is 386 g/mol. The number of aldehydes is 1. The summed E-state index contributed by atoms with van der Waals surface area (Å²) in [5, 5.41) is 4.88. The molecule has 160 valence electrons. The smallest absolute Gasteiger partial charge is 0.256 e. The summed E-state index contributed by atoms with van der Waals surface area (Å²) in [7, 11) is 1.73. The van der Waals surface area contributed by atoms with Crippen LogP contribution in [0.25, 0.3) is 0 Å². The second kappa shape index (κ2) is 10.4. The Kier molecular flexibility index (Phi) is 7.88. The quantitative estimate of drug-likeness (QED) is 0.276. The van der Waals surface area contributed by atoms with E-state index in [-0.39, 0.29) is 30.6 Å². The number of nitrogens with two attached hydrogens (primary N) is 2. The molecule has 9 nitrogen and oxygen atoms in total. The molecule has 2 rings (SSSR count). The van der Waals surface area contributed by atoms with E-state index in [1.807, 2.05) is 6.92 Å². The zero-order valence-electron chi connectivity index (χ0n) is 17.1. The molecule has 1 aliphatic rings. The second-order valence-corrected chi connectivity index (χ2v) is 7.08. The number of nitrogens with one attached hydrogen (secondary N) is 2. The third-order valence-electron chi connectivity index (χ3n) is 4.84. The van der Waals surface area contributed by atoms with Crippen molar-refractivity contribution in [1.29, 1.82) is 0 Å². The van der Waals surface area contributed by atoms with E-state index >= 15 is 0 Å². The Bertz CT molecular complexity index is 907. The molecular formula is C21H27N5O4. The third-order valence-corrected chi connectivity index (χ3v) is 4.84. The number of hydrogen-bond donors (Lipinski definition) is 4. The number of imide groups is 1. The topological polar surface area (TPSA) is 148 Å². The summed E-state index contributed by atoms with van der Waals surface area (Å²) in [4.78, 5) is 49.1. The lowest BCUT2D eigenvalue weighted by molar-refractivity contribution is -0.137. The van der Waals surface area contributed by atoms with Crippen molar-refractivity contribution in [2.75, 3.05) is 7.05 Å². The van der Waals surface area contributed by atoms with Crippen LogP contribution in [-0.2, 0) is 16.1 Å². The highest BCUT2D eigenvalue weighted by Gasteiger charge is 2.30. The molecule has 1 aromatic rings. The van der Waals surface area contributed by atoms with Gasteiger partial charge >= 0.3 is 0 Å². The molecule has 0 bridgehead atoms. The zero-order valence-corrected chi connectivity index (χ0v) is 17.1. The Morgan fingerprint density at radius 3 is 2.67 bits per heavy atom. The van der Waals surface area contributed by atoms with Crippen LogP contribution in [0, 0.1) is 0 Å². The molecule has 1 heterocycles. The monoisotopic (exact) mass is 413 g/mol. The largest absolute Gasteiger partial charge is 0.402 e. The van der Waals surface area contributed by atoms with Gasteiger partial charge in [-0.2, -0.15) is 0 Å². The van der Waals surface area contributed by atoms with Crippen LogP contribution < -0.4 is 22.1 Å². The summed E-state index contributed by atoms with van der Waals surface area (Å²) in [5.41, 5.74) is 13.4. The summed E-state index contributed by atoms with van der Waals surface area (Å²) < 4.78 is 0. The zero-order chi connectivity index (χ0) is 22.3. The predicted molar refractivity (Wildman–Crippen MR) is 112 cm³/mol. The van der Waals surface area contributed by atoms with Gasteiger partial charge in [0.05, 0.1) is 6.04 Å². The molecule has 0 saturated carbocycles. The van der Waals surface area contributed by atoms with E-state index in [9.17, 15) is 19.2 Å². The molecule has 1 aromatic carbocycles. The average molecular weight is 413 g/mol. The van der Waals surface area contributed by atoms with Crippen molar-refractivity contribution in [1.82, 2.24) is 15.5 Å². The molecule has 0 aromatic heterocycles. The molecule has 1 atom stereocenters. The SMILES string of the molecule is CC/C(N)=C/C=C(\N)NC(=O)c1ccc(C=O)c(CN(C)C2CCC(=O)NC2=O)c1. The number of piperidine rings is 1. The lowest BCUT2D eigenvalue weighted by atomic mass is 10.0. The maximum absolute atomic E-state index is 12.5. The van der Waals surface area contributed by atoms with Crippen molar-refractivity contribution < 1.29 is 19.2 Å². The van der Waals surface area contributed by atoms with Crippen LogP contribution in [0.5, 0.6) is 0 Å². The Labute approximate surface area is 175 Å². The van der Waals surface area contributed by atoms with Crippen LogP contribution in [0.3, 0.4) is 0 Å². The molecule has 9 heteroatoms. The van der Waals surface area contributed by atoms with Crippen LogP contribution >= 0.6 is 0 Å². The van der Waals surface area contributed by atoms with Crippen molar-refractivity contribution in [3.8, 4) is 0 Å². The number of amides is 3. The highest BCUT2D eigenvalue weighted by molar-refractivity contribution is 6.00. The average Bonchev–Trinajstić information content (AvgIpc) is 2.71. The van der Waals surface area contributed by atoms with Gasteiger partial charge in [0.2, 0.25) is 11.8 Å². The maximum Gasteiger partial charge on any atom is 0.256 e. The van der Waals surface area contributed by atoms with Crippen molar-refractivity contribution >= 4 is 24.0 Å². The molecule has 0 spiro atoms. The number of likely N-dealkylation sites (N-methyl/N-ethyl adjacent to an activating group) is 1. The normalized spacial score (nSPS) is 17.6. The van der Waals surface area contributed by atoms with Gasteiger partial charge in [-0.3, -0.25) is 29.4 Å². The highest BCUT2D eigenvalue weighted by Crippen LogP contribution is 2.17. The number of nitrogens with zero attached hydrogens (tertiary/aromatic N) is 1. The van der Waals surface area contributed by atoms with Crippen molar-refractivity contribution in [2.45, 2.75) is 38.8 Å². The Morgan fingerprint density at radius 1 is 1.30 bits per heavy atom. The number of allylic oxidation sites excluding steroid dienone is 3. The van der Waals surface area contributed by atoms with Crippen molar-refractivity contribution in [3.63, 3.8) is 0 Å². The molecule has 3 amide bonds. The van der Waals surface area contributed by atoms with Gasteiger partial charge < -0.3 is 16.8 Å². The lowest BCUT2D eigenvalue weighted by Crippen LogP contribution is -2.51. The molecule has 1 unspecified atom stereocenters. The summed E-state index contributed by atoms with van der Waals surface area (Å²) in [5.74, 6) is -0.960. The Hall–Kier alpha value is -3.46. The van der Waals surface area contributed by atoms with Crippen LogP contribution in [0.15, 0.2) is 41.9 Å². The van der Waals surface area contributed by atoms with E-state index in [2.05, 4.69) is 10.6 Å². The number of rotatable bonds is 8. The summed E-state index contributed by atoms with van der Waals surface area (Å²) in [6.07, 6.45) is 5.14. The van der Waals surface area contributed by atoms with Gasteiger partial charge in [-0.1, -0.05) is 13.0 Å². The summed E-state index contributed by atoms with van der Waals surface area (Å²) >= 11 is 0. The fourth-order valence-corrected chi connectivity index (χ4v) is 3.04. The minimum absolute atomic E-state index is 0.137. The van der Waals surface area contributed by atoms with Crippen LogP contribution in [0.2, 0.25) is 0 Å². The van der Waals surface area contributed by atoms with E-state index in [1.165, 1.54) is 12.1 Å². The Balaban J connectivity index is 2.16. The number of benzene rings is 1. The van der Waals surface area contributed by atoms with Gasteiger partial charge in [0.25, 0.3) is 5.91 Å². The molecule has 30 heavy (non-hydrogen) atoms. The van der Waals surface area contributed by atoms with E-state index in [1.54, 1.807) is 30.2 Å². The number of carbonyl (C=O) groups is 4. The van der Waals surface area contributed by atoms with Gasteiger partial charge in [-0.25, -0.2) is 0 Å². The van der Waals surface area contributed by atoms with Crippen LogP contribution in [-0.4, -0.2) is 42.0 Å². The van der Waals surface area contributed by atoms with Crippen molar-refractivity contribution in [2.24, 2.45) is 11.5 Å². The maximum atomic E-state index is 12.5. The summed E-state index contributed by atoms with van der Waals surface area (Å²) in [6.45, 7) is 2.15. The van der Waals surface area contributed by atoms with Gasteiger partial charge in [0.15, 0.2) is 0 Å². The third kappa shape index (κ3) is 6.02. The van der Waals surface area contributed by atoms with E-state index in [0.717, 1.165) is 0 Å². The number of carbonyl (C=O) groups excluding carboxylic acids is 4. The first-order chi connectivity index (χ1) is 14.2. The van der Waals surface area contributed by atoms with Gasteiger partial charge in [0, 0.05) is 29.8 Å². The second-order valence-electron chi connectivity index (χ2n) is 7.08. The molecule has 6 N–H and O–H groups in total.